The lowest BCUT2D eigenvalue weighted by Gasteiger charge is -2.28. The number of morpholine rings is 1. The van der Waals surface area contributed by atoms with Gasteiger partial charge in [0.05, 0.1) is 19.8 Å². The van der Waals surface area contributed by atoms with Crippen molar-refractivity contribution in [3.63, 3.8) is 0 Å². The van der Waals surface area contributed by atoms with Gasteiger partial charge >= 0.3 is 0 Å². The molecule has 2 aromatic carbocycles. The summed E-state index contributed by atoms with van der Waals surface area (Å²) in [6, 6.07) is 14.8. The number of nitrogens with zero attached hydrogens (tertiary/aromatic N) is 4. The normalized spacial score (nSPS) is 13.5. The maximum absolute atomic E-state index is 13.0. The SMILES string of the molecule is O=C(NCCO)c1nc2nc(Nc3ccc(N4CCOCC4)cc3)ncc2cc1-c1c(Cl)cccc1Cl. The van der Waals surface area contributed by atoms with Crippen LogP contribution in [0.1, 0.15) is 10.5 Å². The van der Waals surface area contributed by atoms with E-state index in [1.165, 1.54) is 0 Å². The molecule has 4 aromatic rings. The minimum Gasteiger partial charge on any atom is -0.395 e. The Morgan fingerprint density at radius 3 is 2.49 bits per heavy atom. The monoisotopic (exact) mass is 538 g/mol. The third-order valence-corrected chi connectivity index (χ3v) is 6.54. The molecule has 3 N–H and O–H groups in total. The van der Waals surface area contributed by atoms with Crippen LogP contribution in [0.2, 0.25) is 10.0 Å². The summed E-state index contributed by atoms with van der Waals surface area (Å²) in [7, 11) is 0. The van der Waals surface area contributed by atoms with Crippen molar-refractivity contribution < 1.29 is 14.6 Å². The summed E-state index contributed by atoms with van der Waals surface area (Å²) in [5, 5.41) is 16.4. The molecule has 1 aliphatic rings. The predicted molar refractivity (Wildman–Crippen MR) is 145 cm³/mol. The van der Waals surface area contributed by atoms with Gasteiger partial charge in [-0.25, -0.2) is 9.97 Å². The summed E-state index contributed by atoms with van der Waals surface area (Å²) in [6.07, 6.45) is 1.63. The molecule has 37 heavy (non-hydrogen) atoms. The van der Waals surface area contributed by atoms with Crippen LogP contribution in [0.5, 0.6) is 0 Å². The molecule has 0 unspecified atom stereocenters. The second-order valence-electron chi connectivity index (χ2n) is 8.34. The van der Waals surface area contributed by atoms with E-state index in [-0.39, 0.29) is 18.8 Å². The van der Waals surface area contributed by atoms with E-state index in [1.54, 1.807) is 30.5 Å². The Morgan fingerprint density at radius 2 is 1.78 bits per heavy atom. The minimum atomic E-state index is -0.478. The van der Waals surface area contributed by atoms with Crippen molar-refractivity contribution in [3.05, 3.63) is 70.5 Å². The van der Waals surface area contributed by atoms with E-state index in [2.05, 4.69) is 30.5 Å². The second kappa shape index (κ2) is 11.3. The molecule has 5 rings (SSSR count). The lowest BCUT2D eigenvalue weighted by molar-refractivity contribution is 0.0941. The van der Waals surface area contributed by atoms with Crippen LogP contribution < -0.4 is 15.5 Å². The first-order valence-electron chi connectivity index (χ1n) is 11.7. The van der Waals surface area contributed by atoms with Crippen LogP contribution in [-0.4, -0.2) is 65.4 Å². The van der Waals surface area contributed by atoms with Crippen LogP contribution in [0.3, 0.4) is 0 Å². The van der Waals surface area contributed by atoms with Crippen molar-refractivity contribution in [2.75, 3.05) is 49.7 Å². The lowest BCUT2D eigenvalue weighted by Crippen LogP contribution is -2.36. The average molecular weight is 539 g/mol. The van der Waals surface area contributed by atoms with Crippen LogP contribution in [0.25, 0.3) is 22.2 Å². The molecule has 0 radical (unpaired) electrons. The standard InChI is InChI=1S/C26H24Cl2N6O3/c27-20-2-1-3-21(28)22(20)19-14-16-15-30-26(33-24(16)32-23(19)25(36)29-8-11-35)31-17-4-6-18(7-5-17)34-9-12-37-13-10-34/h1-7,14-15,35H,8-13H2,(H,29,36)(H,30,31,32,33). The van der Waals surface area contributed by atoms with Gasteiger partial charge in [0.1, 0.15) is 5.69 Å². The molecule has 0 aliphatic carbocycles. The predicted octanol–water partition coefficient (Wildman–Crippen LogP) is 4.30. The van der Waals surface area contributed by atoms with E-state index < -0.39 is 5.91 Å². The molecule has 3 heterocycles. The number of ether oxygens (including phenoxy) is 1. The molecule has 9 nitrogen and oxygen atoms in total. The topological polar surface area (TPSA) is 112 Å². The Labute approximate surface area is 223 Å². The number of halogens is 2. The largest absolute Gasteiger partial charge is 0.395 e. The summed E-state index contributed by atoms with van der Waals surface area (Å²) >= 11 is 12.9. The molecule has 1 aliphatic heterocycles. The Kier molecular flexibility index (Phi) is 7.66. The van der Waals surface area contributed by atoms with Gasteiger partial charge in [-0.05, 0) is 42.5 Å². The number of nitrogens with one attached hydrogen (secondary N) is 2. The first kappa shape index (κ1) is 25.2. The fraction of sp³-hybridized carbons (Fsp3) is 0.231. The number of rotatable bonds is 7. The van der Waals surface area contributed by atoms with Crippen molar-refractivity contribution in [1.29, 1.82) is 0 Å². The molecular formula is C26H24Cl2N6O3. The van der Waals surface area contributed by atoms with Crippen LogP contribution in [-0.2, 0) is 4.74 Å². The van der Waals surface area contributed by atoms with Crippen LogP contribution in [0.15, 0.2) is 54.7 Å². The zero-order valence-electron chi connectivity index (χ0n) is 19.7. The molecule has 0 saturated carbocycles. The molecule has 11 heteroatoms. The number of benzene rings is 2. The summed E-state index contributed by atoms with van der Waals surface area (Å²) in [5.74, 6) is -0.141. The molecule has 0 atom stereocenters. The van der Waals surface area contributed by atoms with Gasteiger partial charge in [-0.2, -0.15) is 4.98 Å². The van der Waals surface area contributed by atoms with Gasteiger partial charge in [-0.3, -0.25) is 4.79 Å². The summed E-state index contributed by atoms with van der Waals surface area (Å²) < 4.78 is 5.42. The molecular weight excluding hydrogens is 515 g/mol. The first-order chi connectivity index (χ1) is 18.0. The maximum atomic E-state index is 13.0. The number of anilines is 3. The highest BCUT2D eigenvalue weighted by Gasteiger charge is 2.21. The van der Waals surface area contributed by atoms with E-state index in [9.17, 15) is 4.79 Å². The summed E-state index contributed by atoms with van der Waals surface area (Å²) in [4.78, 5) is 28.7. The minimum absolute atomic E-state index is 0.0747. The van der Waals surface area contributed by atoms with Gasteiger partial charge in [-0.1, -0.05) is 29.3 Å². The number of pyridine rings is 1. The summed E-state index contributed by atoms with van der Waals surface area (Å²) in [5.41, 5.74) is 3.29. The third kappa shape index (κ3) is 5.60. The fourth-order valence-corrected chi connectivity index (χ4v) is 4.70. The van der Waals surface area contributed by atoms with Gasteiger partial charge in [0, 0.05) is 63.8 Å². The van der Waals surface area contributed by atoms with Crippen molar-refractivity contribution in [2.24, 2.45) is 0 Å². The quantitative estimate of drug-likeness (QED) is 0.319. The number of carbonyl (C=O) groups excluding carboxylic acids is 1. The zero-order valence-corrected chi connectivity index (χ0v) is 21.3. The van der Waals surface area contributed by atoms with E-state index in [4.69, 9.17) is 33.0 Å². The van der Waals surface area contributed by atoms with Crippen LogP contribution in [0, 0.1) is 0 Å². The average Bonchev–Trinajstić information content (AvgIpc) is 2.92. The number of fused-ring (bicyclic) bond motifs is 1. The van der Waals surface area contributed by atoms with E-state index in [0.717, 1.165) is 37.7 Å². The van der Waals surface area contributed by atoms with Gasteiger partial charge < -0.3 is 25.4 Å². The third-order valence-electron chi connectivity index (χ3n) is 5.91. The molecule has 0 spiro atoms. The Bertz CT molecular complexity index is 1410. The molecule has 1 amide bonds. The highest BCUT2D eigenvalue weighted by Crippen LogP contribution is 2.37. The van der Waals surface area contributed by atoms with Crippen molar-refractivity contribution in [2.45, 2.75) is 0 Å². The van der Waals surface area contributed by atoms with Gasteiger partial charge in [0.2, 0.25) is 5.95 Å². The van der Waals surface area contributed by atoms with Crippen LogP contribution in [0.4, 0.5) is 17.3 Å². The molecule has 2 aromatic heterocycles. The molecule has 0 bridgehead atoms. The van der Waals surface area contributed by atoms with E-state index in [1.807, 2.05) is 24.3 Å². The number of hydrogen-bond acceptors (Lipinski definition) is 8. The number of carbonyl (C=O) groups is 1. The van der Waals surface area contributed by atoms with Crippen molar-refractivity contribution in [3.8, 4) is 11.1 Å². The second-order valence-corrected chi connectivity index (χ2v) is 9.15. The van der Waals surface area contributed by atoms with Gasteiger partial charge in [0.15, 0.2) is 5.65 Å². The highest BCUT2D eigenvalue weighted by molar-refractivity contribution is 6.39. The maximum Gasteiger partial charge on any atom is 0.270 e. The molecule has 190 valence electrons. The highest BCUT2D eigenvalue weighted by atomic mass is 35.5. The van der Waals surface area contributed by atoms with Crippen molar-refractivity contribution in [1.82, 2.24) is 20.3 Å². The number of aromatic nitrogens is 3. The molecule has 1 fully saturated rings. The van der Waals surface area contributed by atoms with Crippen LogP contribution >= 0.6 is 23.2 Å². The number of aliphatic hydroxyl groups excluding tert-OH is 1. The lowest BCUT2D eigenvalue weighted by atomic mass is 10.0. The number of aliphatic hydroxyl groups is 1. The molecule has 1 saturated heterocycles. The fourth-order valence-electron chi connectivity index (χ4n) is 4.10. The smallest absolute Gasteiger partial charge is 0.270 e. The Hall–Kier alpha value is -3.50. The van der Waals surface area contributed by atoms with E-state index in [0.29, 0.717) is 38.2 Å². The Balaban J connectivity index is 1.47. The van der Waals surface area contributed by atoms with Gasteiger partial charge in [-0.15, -0.1) is 0 Å². The van der Waals surface area contributed by atoms with E-state index >= 15 is 0 Å². The number of amides is 1. The van der Waals surface area contributed by atoms with Gasteiger partial charge in [0.25, 0.3) is 5.91 Å². The zero-order chi connectivity index (χ0) is 25.8. The summed E-state index contributed by atoms with van der Waals surface area (Å²) in [6.45, 7) is 3.04. The van der Waals surface area contributed by atoms with Crippen molar-refractivity contribution >= 4 is 57.5 Å². The first-order valence-corrected chi connectivity index (χ1v) is 12.5. The number of hydrogen-bond donors (Lipinski definition) is 3. The Morgan fingerprint density at radius 1 is 1.05 bits per heavy atom.